The largest absolute Gasteiger partial charge is 0.387 e. The number of nitrogen functional groups attached to an aromatic ring is 1. The number of carbonyl (C=O) groups is 1. The van der Waals surface area contributed by atoms with Gasteiger partial charge in [0.1, 0.15) is 5.82 Å². The SMILES string of the molecule is Nc1ccc(C(O)CNCCc2cccc(CC(=O)NCc3ccc(S(N)(=O)=O)cc3)c2)cn1. The van der Waals surface area contributed by atoms with Gasteiger partial charge < -0.3 is 21.5 Å². The first-order valence-electron chi connectivity index (χ1n) is 10.8. The highest BCUT2D eigenvalue weighted by atomic mass is 32.2. The van der Waals surface area contributed by atoms with Crippen molar-refractivity contribution in [3.05, 3.63) is 89.1 Å². The molecule has 0 aliphatic heterocycles. The summed E-state index contributed by atoms with van der Waals surface area (Å²) in [5.41, 5.74) is 9.02. The summed E-state index contributed by atoms with van der Waals surface area (Å²) in [5.74, 6) is 0.280. The van der Waals surface area contributed by atoms with Crippen LogP contribution in [0, 0.1) is 0 Å². The number of aliphatic hydroxyl groups excluding tert-OH is 1. The molecule has 0 radical (unpaired) electrons. The van der Waals surface area contributed by atoms with E-state index in [0.717, 1.165) is 23.1 Å². The van der Waals surface area contributed by atoms with E-state index in [1.54, 1.807) is 30.5 Å². The van der Waals surface area contributed by atoms with Crippen LogP contribution in [-0.2, 0) is 34.2 Å². The molecule has 1 amide bonds. The fraction of sp³-hybridized carbons (Fsp3) is 0.250. The van der Waals surface area contributed by atoms with Crippen molar-refractivity contribution < 1.29 is 18.3 Å². The summed E-state index contributed by atoms with van der Waals surface area (Å²) in [4.78, 5) is 16.3. The van der Waals surface area contributed by atoms with Gasteiger partial charge in [-0.1, -0.05) is 42.5 Å². The molecule has 9 nitrogen and oxygen atoms in total. The van der Waals surface area contributed by atoms with E-state index in [9.17, 15) is 18.3 Å². The standard InChI is InChI=1S/C24H29N5O4S/c25-23-9-6-20(15-28-23)22(30)16-27-11-10-17-2-1-3-19(12-17)13-24(31)29-14-18-4-7-21(8-5-18)34(26,32)33/h1-9,12,15,22,27,30H,10-11,13-14,16H2,(H2,25,28)(H,29,31)(H2,26,32,33). The predicted molar refractivity (Wildman–Crippen MR) is 130 cm³/mol. The molecule has 0 aliphatic rings. The van der Waals surface area contributed by atoms with Gasteiger partial charge in [0, 0.05) is 24.8 Å². The fourth-order valence-electron chi connectivity index (χ4n) is 3.34. The van der Waals surface area contributed by atoms with Gasteiger partial charge in [-0.05, 0) is 47.9 Å². The zero-order valence-electron chi connectivity index (χ0n) is 18.6. The first kappa shape index (κ1) is 25.3. The molecule has 3 rings (SSSR count). The molecule has 1 unspecified atom stereocenters. The first-order chi connectivity index (χ1) is 16.2. The number of sulfonamides is 1. The van der Waals surface area contributed by atoms with Crippen LogP contribution in [0.25, 0.3) is 0 Å². The zero-order chi connectivity index (χ0) is 24.6. The minimum Gasteiger partial charge on any atom is -0.387 e. The molecule has 180 valence electrons. The van der Waals surface area contributed by atoms with Crippen LogP contribution in [0.1, 0.15) is 28.4 Å². The molecule has 2 aromatic carbocycles. The number of benzene rings is 2. The lowest BCUT2D eigenvalue weighted by Gasteiger charge is -2.12. The van der Waals surface area contributed by atoms with E-state index in [0.29, 0.717) is 31.0 Å². The lowest BCUT2D eigenvalue weighted by Crippen LogP contribution is -2.25. The number of amides is 1. The van der Waals surface area contributed by atoms with Crippen molar-refractivity contribution in [1.82, 2.24) is 15.6 Å². The lowest BCUT2D eigenvalue weighted by atomic mass is 10.1. The molecule has 10 heteroatoms. The Morgan fingerprint density at radius 1 is 1.03 bits per heavy atom. The molecule has 1 heterocycles. The zero-order valence-corrected chi connectivity index (χ0v) is 19.5. The van der Waals surface area contributed by atoms with Crippen molar-refractivity contribution >= 4 is 21.7 Å². The molecule has 0 fully saturated rings. The van der Waals surface area contributed by atoms with Crippen LogP contribution in [0.5, 0.6) is 0 Å². The Morgan fingerprint density at radius 2 is 1.76 bits per heavy atom. The number of primary sulfonamides is 1. The third kappa shape index (κ3) is 7.92. The van der Waals surface area contributed by atoms with E-state index in [4.69, 9.17) is 10.9 Å². The van der Waals surface area contributed by atoms with E-state index in [1.807, 2.05) is 24.3 Å². The number of rotatable bonds is 11. The summed E-state index contributed by atoms with van der Waals surface area (Å²) in [5, 5.41) is 21.4. The van der Waals surface area contributed by atoms with Crippen LogP contribution in [0.2, 0.25) is 0 Å². The van der Waals surface area contributed by atoms with Gasteiger partial charge in [0.15, 0.2) is 0 Å². The topological polar surface area (TPSA) is 160 Å². The van der Waals surface area contributed by atoms with E-state index in [1.165, 1.54) is 12.1 Å². The summed E-state index contributed by atoms with van der Waals surface area (Å²) in [6, 6.07) is 17.3. The van der Waals surface area contributed by atoms with Crippen molar-refractivity contribution in [2.24, 2.45) is 5.14 Å². The predicted octanol–water partition coefficient (Wildman–Crippen LogP) is 1.04. The summed E-state index contributed by atoms with van der Waals surface area (Å²) in [6.45, 7) is 1.36. The van der Waals surface area contributed by atoms with Crippen molar-refractivity contribution in [2.45, 2.75) is 30.4 Å². The van der Waals surface area contributed by atoms with Crippen molar-refractivity contribution in [3.8, 4) is 0 Å². The third-order valence-electron chi connectivity index (χ3n) is 5.22. The number of anilines is 1. The van der Waals surface area contributed by atoms with Crippen LogP contribution in [0.15, 0.2) is 71.8 Å². The Bertz CT molecular complexity index is 1200. The molecule has 0 saturated heterocycles. The molecule has 0 bridgehead atoms. The smallest absolute Gasteiger partial charge is 0.238 e. The highest BCUT2D eigenvalue weighted by molar-refractivity contribution is 7.89. The van der Waals surface area contributed by atoms with Gasteiger partial charge in [0.05, 0.1) is 17.4 Å². The van der Waals surface area contributed by atoms with E-state index < -0.39 is 16.1 Å². The first-order valence-corrected chi connectivity index (χ1v) is 12.3. The summed E-state index contributed by atoms with van der Waals surface area (Å²) in [7, 11) is -3.73. The van der Waals surface area contributed by atoms with Gasteiger partial charge in [0.2, 0.25) is 15.9 Å². The van der Waals surface area contributed by atoms with Gasteiger partial charge in [-0.15, -0.1) is 0 Å². The molecule has 3 aromatic rings. The molecular weight excluding hydrogens is 454 g/mol. The molecule has 34 heavy (non-hydrogen) atoms. The minimum absolute atomic E-state index is 0.0330. The maximum Gasteiger partial charge on any atom is 0.238 e. The van der Waals surface area contributed by atoms with Crippen molar-refractivity contribution in [1.29, 1.82) is 0 Å². The second-order valence-electron chi connectivity index (χ2n) is 7.95. The number of pyridine rings is 1. The quantitative estimate of drug-likeness (QED) is 0.255. The Morgan fingerprint density at radius 3 is 2.44 bits per heavy atom. The number of nitrogens with two attached hydrogens (primary N) is 2. The van der Waals surface area contributed by atoms with Crippen LogP contribution in [-0.4, -0.2) is 37.5 Å². The maximum atomic E-state index is 12.3. The average Bonchev–Trinajstić information content (AvgIpc) is 2.81. The van der Waals surface area contributed by atoms with Gasteiger partial charge in [-0.2, -0.15) is 0 Å². The number of aromatic nitrogens is 1. The highest BCUT2D eigenvalue weighted by Gasteiger charge is 2.09. The minimum atomic E-state index is -3.73. The van der Waals surface area contributed by atoms with Crippen molar-refractivity contribution in [3.63, 3.8) is 0 Å². The highest BCUT2D eigenvalue weighted by Crippen LogP contribution is 2.12. The Kier molecular flexibility index (Phi) is 8.72. The van der Waals surface area contributed by atoms with E-state index in [2.05, 4.69) is 15.6 Å². The maximum absolute atomic E-state index is 12.3. The monoisotopic (exact) mass is 483 g/mol. The Hall–Kier alpha value is -3.31. The Balaban J connectivity index is 1.42. The second kappa shape index (κ2) is 11.7. The van der Waals surface area contributed by atoms with Gasteiger partial charge in [-0.25, -0.2) is 18.5 Å². The molecule has 0 aliphatic carbocycles. The molecule has 7 N–H and O–H groups in total. The van der Waals surface area contributed by atoms with Crippen LogP contribution in [0.4, 0.5) is 5.82 Å². The number of nitrogens with one attached hydrogen (secondary N) is 2. The number of hydrogen-bond donors (Lipinski definition) is 5. The van der Waals surface area contributed by atoms with Gasteiger partial charge in [0.25, 0.3) is 0 Å². The lowest BCUT2D eigenvalue weighted by molar-refractivity contribution is -0.120. The van der Waals surface area contributed by atoms with Crippen LogP contribution in [0.3, 0.4) is 0 Å². The molecule has 0 spiro atoms. The Labute approximate surface area is 199 Å². The van der Waals surface area contributed by atoms with Gasteiger partial charge >= 0.3 is 0 Å². The summed E-state index contributed by atoms with van der Waals surface area (Å²) >= 11 is 0. The van der Waals surface area contributed by atoms with E-state index >= 15 is 0 Å². The van der Waals surface area contributed by atoms with Crippen LogP contribution >= 0.6 is 0 Å². The van der Waals surface area contributed by atoms with Gasteiger partial charge in [-0.3, -0.25) is 4.79 Å². The van der Waals surface area contributed by atoms with Crippen LogP contribution < -0.4 is 21.5 Å². The van der Waals surface area contributed by atoms with Crippen molar-refractivity contribution in [2.75, 3.05) is 18.8 Å². The molecule has 1 aromatic heterocycles. The number of carbonyl (C=O) groups excluding carboxylic acids is 1. The molecule has 0 saturated carbocycles. The number of hydrogen-bond acceptors (Lipinski definition) is 7. The average molecular weight is 484 g/mol. The fourth-order valence-corrected chi connectivity index (χ4v) is 3.86. The number of aliphatic hydroxyl groups is 1. The second-order valence-corrected chi connectivity index (χ2v) is 9.51. The number of nitrogens with zero attached hydrogens (tertiary/aromatic N) is 1. The third-order valence-corrected chi connectivity index (χ3v) is 6.15. The molecular formula is C24H29N5O4S. The summed E-state index contributed by atoms with van der Waals surface area (Å²) in [6.07, 6.45) is 1.88. The molecule has 1 atom stereocenters. The normalized spacial score (nSPS) is 12.3. The van der Waals surface area contributed by atoms with E-state index in [-0.39, 0.29) is 17.2 Å². The summed E-state index contributed by atoms with van der Waals surface area (Å²) < 4.78 is 22.6.